The number of fused-ring (bicyclic) bond motifs is 1. The molecule has 1 fully saturated rings. The zero-order chi connectivity index (χ0) is 15.4. The number of hydrogen-bond donors (Lipinski definition) is 1. The van der Waals surface area contributed by atoms with Gasteiger partial charge < -0.3 is 19.5 Å². The lowest BCUT2D eigenvalue weighted by Crippen LogP contribution is -2.43. The van der Waals surface area contributed by atoms with Gasteiger partial charge in [-0.1, -0.05) is 0 Å². The quantitative estimate of drug-likeness (QED) is 0.889. The molecule has 0 atom stereocenters. The largest absolute Gasteiger partial charge is 0.497 e. The molecule has 1 aromatic carbocycles. The summed E-state index contributed by atoms with van der Waals surface area (Å²) in [5.41, 5.74) is 2.76. The van der Waals surface area contributed by atoms with Crippen LogP contribution in [0.5, 0.6) is 5.75 Å². The van der Waals surface area contributed by atoms with Gasteiger partial charge >= 0.3 is 0 Å². The smallest absolute Gasteiger partial charge is 0.120 e. The maximum absolute atomic E-state index is 5.37. The van der Waals surface area contributed by atoms with Gasteiger partial charge in [0.15, 0.2) is 0 Å². The number of aryl methyl sites for hydroxylation is 2. The minimum absolute atomic E-state index is 0.938. The number of ether oxygens (including phenoxy) is 1. The van der Waals surface area contributed by atoms with Crippen molar-refractivity contribution in [1.82, 2.24) is 14.8 Å². The Morgan fingerprint density at radius 3 is 2.77 bits per heavy atom. The highest BCUT2D eigenvalue weighted by Crippen LogP contribution is 2.26. The minimum atomic E-state index is 0.938. The number of nitrogens with one attached hydrogen (secondary N) is 1. The predicted octanol–water partition coefficient (Wildman–Crippen LogP) is 2.51. The number of methoxy groups -OCH3 is 1. The number of piperazine rings is 1. The van der Waals surface area contributed by atoms with Gasteiger partial charge in [-0.3, -0.25) is 0 Å². The molecule has 0 bridgehead atoms. The fourth-order valence-corrected chi connectivity index (χ4v) is 3.36. The lowest BCUT2D eigenvalue weighted by molar-refractivity contribution is 0.238. The van der Waals surface area contributed by atoms with Gasteiger partial charge in [0.2, 0.25) is 0 Å². The van der Waals surface area contributed by atoms with E-state index in [-0.39, 0.29) is 0 Å². The van der Waals surface area contributed by atoms with E-state index in [0.717, 1.165) is 31.8 Å². The molecule has 2 heterocycles. The number of aromatic nitrogens is 1. The molecule has 4 heteroatoms. The van der Waals surface area contributed by atoms with Crippen molar-refractivity contribution in [3.05, 3.63) is 30.0 Å². The van der Waals surface area contributed by atoms with E-state index in [9.17, 15) is 0 Å². The molecular formula is C18H27N3O. The van der Waals surface area contributed by atoms with Crippen molar-refractivity contribution in [3.63, 3.8) is 0 Å². The van der Waals surface area contributed by atoms with Crippen molar-refractivity contribution in [3.8, 4) is 5.75 Å². The molecule has 4 nitrogen and oxygen atoms in total. The van der Waals surface area contributed by atoms with Crippen LogP contribution in [0.4, 0.5) is 0 Å². The molecule has 1 N–H and O–H groups in total. The van der Waals surface area contributed by atoms with Gasteiger partial charge in [-0.25, -0.2) is 0 Å². The first-order chi connectivity index (χ1) is 10.8. The average molecular weight is 301 g/mol. The zero-order valence-electron chi connectivity index (χ0n) is 13.8. The van der Waals surface area contributed by atoms with Crippen molar-refractivity contribution in [2.24, 2.45) is 0 Å². The third kappa shape index (κ3) is 3.28. The number of benzene rings is 1. The first kappa shape index (κ1) is 15.4. The topological polar surface area (TPSA) is 29.4 Å². The molecule has 2 aromatic rings. The van der Waals surface area contributed by atoms with Crippen LogP contribution in [-0.2, 0) is 13.0 Å². The van der Waals surface area contributed by atoms with Gasteiger partial charge in [0.1, 0.15) is 5.75 Å². The molecule has 1 saturated heterocycles. The average Bonchev–Trinajstić information content (AvgIpc) is 2.93. The van der Waals surface area contributed by atoms with Crippen LogP contribution in [-0.4, -0.2) is 49.3 Å². The second kappa shape index (κ2) is 7.16. The Kier molecular flexibility index (Phi) is 5.01. The van der Waals surface area contributed by atoms with E-state index in [0.29, 0.717) is 0 Å². The zero-order valence-corrected chi connectivity index (χ0v) is 13.8. The second-order valence-corrected chi connectivity index (χ2v) is 6.02. The Morgan fingerprint density at radius 1 is 1.23 bits per heavy atom. The molecule has 0 amide bonds. The summed E-state index contributed by atoms with van der Waals surface area (Å²) < 4.78 is 7.70. The summed E-state index contributed by atoms with van der Waals surface area (Å²) >= 11 is 0. The Morgan fingerprint density at radius 2 is 2.05 bits per heavy atom. The molecule has 0 unspecified atom stereocenters. The molecule has 0 saturated carbocycles. The van der Waals surface area contributed by atoms with E-state index in [1.165, 1.54) is 42.5 Å². The summed E-state index contributed by atoms with van der Waals surface area (Å²) in [6.07, 6.45) is 4.70. The molecule has 22 heavy (non-hydrogen) atoms. The van der Waals surface area contributed by atoms with E-state index in [1.54, 1.807) is 7.11 Å². The van der Waals surface area contributed by atoms with Crippen LogP contribution in [0.3, 0.4) is 0 Å². The first-order valence-electron chi connectivity index (χ1n) is 8.40. The summed E-state index contributed by atoms with van der Waals surface area (Å²) in [5.74, 6) is 0.938. The van der Waals surface area contributed by atoms with Crippen LogP contribution in [0.2, 0.25) is 0 Å². The molecule has 1 aliphatic rings. The van der Waals surface area contributed by atoms with E-state index in [2.05, 4.69) is 46.1 Å². The molecule has 1 aromatic heterocycles. The highest BCUT2D eigenvalue weighted by molar-refractivity contribution is 5.85. The van der Waals surface area contributed by atoms with Gasteiger partial charge in [0.25, 0.3) is 0 Å². The third-order valence-electron chi connectivity index (χ3n) is 4.64. The van der Waals surface area contributed by atoms with Crippen molar-refractivity contribution in [2.75, 3.05) is 39.8 Å². The Bertz CT molecular complexity index is 614. The number of rotatable bonds is 6. The molecule has 0 spiro atoms. The van der Waals surface area contributed by atoms with Crippen molar-refractivity contribution >= 4 is 10.9 Å². The van der Waals surface area contributed by atoms with Gasteiger partial charge in [-0.15, -0.1) is 0 Å². The van der Waals surface area contributed by atoms with Crippen LogP contribution in [0.1, 0.15) is 18.9 Å². The first-order valence-corrected chi connectivity index (χ1v) is 8.40. The monoisotopic (exact) mass is 301 g/mol. The number of nitrogens with zero attached hydrogens (tertiary/aromatic N) is 2. The maximum atomic E-state index is 5.37. The minimum Gasteiger partial charge on any atom is -0.497 e. The van der Waals surface area contributed by atoms with Crippen molar-refractivity contribution in [1.29, 1.82) is 0 Å². The highest BCUT2D eigenvalue weighted by atomic mass is 16.5. The van der Waals surface area contributed by atoms with Crippen LogP contribution in [0.15, 0.2) is 24.4 Å². The molecule has 0 aliphatic carbocycles. The standard InChI is InChI=1S/C18H27N3O/c1-3-21-14-15(5-4-10-20-11-8-19-9-12-20)17-7-6-16(22-2)13-18(17)21/h6-7,13-14,19H,3-5,8-12H2,1-2H3. The summed E-state index contributed by atoms with van der Waals surface area (Å²) in [5, 5.41) is 4.79. The molecule has 0 radical (unpaired) electrons. The lowest BCUT2D eigenvalue weighted by atomic mass is 10.1. The molecule has 3 rings (SSSR count). The van der Waals surface area contributed by atoms with Crippen LogP contribution in [0.25, 0.3) is 10.9 Å². The van der Waals surface area contributed by atoms with E-state index in [1.807, 2.05) is 0 Å². The van der Waals surface area contributed by atoms with Gasteiger partial charge in [0, 0.05) is 50.4 Å². The molecule has 1 aliphatic heterocycles. The van der Waals surface area contributed by atoms with Crippen molar-refractivity contribution in [2.45, 2.75) is 26.3 Å². The fraction of sp³-hybridized carbons (Fsp3) is 0.556. The number of hydrogen-bond acceptors (Lipinski definition) is 3. The SMILES string of the molecule is CCn1cc(CCCN2CCNCC2)c2ccc(OC)cc21. The normalized spacial score (nSPS) is 16.3. The van der Waals surface area contributed by atoms with Gasteiger partial charge in [-0.2, -0.15) is 0 Å². The molecule has 120 valence electrons. The highest BCUT2D eigenvalue weighted by Gasteiger charge is 2.11. The molecular weight excluding hydrogens is 274 g/mol. The summed E-state index contributed by atoms with van der Waals surface area (Å²) in [6.45, 7) is 9.05. The summed E-state index contributed by atoms with van der Waals surface area (Å²) in [6, 6.07) is 6.43. The maximum Gasteiger partial charge on any atom is 0.120 e. The Labute approximate surface area is 133 Å². The van der Waals surface area contributed by atoms with E-state index in [4.69, 9.17) is 4.74 Å². The van der Waals surface area contributed by atoms with E-state index >= 15 is 0 Å². The van der Waals surface area contributed by atoms with E-state index < -0.39 is 0 Å². The second-order valence-electron chi connectivity index (χ2n) is 6.02. The third-order valence-corrected chi connectivity index (χ3v) is 4.64. The predicted molar refractivity (Wildman–Crippen MR) is 91.8 cm³/mol. The van der Waals surface area contributed by atoms with Crippen LogP contribution in [0, 0.1) is 0 Å². The van der Waals surface area contributed by atoms with Crippen molar-refractivity contribution < 1.29 is 4.74 Å². The van der Waals surface area contributed by atoms with Gasteiger partial charge in [-0.05, 0) is 44.0 Å². The Hall–Kier alpha value is -1.52. The van der Waals surface area contributed by atoms with Crippen LogP contribution >= 0.6 is 0 Å². The van der Waals surface area contributed by atoms with Gasteiger partial charge in [0.05, 0.1) is 12.6 Å². The summed E-state index contributed by atoms with van der Waals surface area (Å²) in [4.78, 5) is 2.57. The summed E-state index contributed by atoms with van der Waals surface area (Å²) in [7, 11) is 1.73. The van der Waals surface area contributed by atoms with Crippen LogP contribution < -0.4 is 10.1 Å². The lowest BCUT2D eigenvalue weighted by Gasteiger charge is -2.26. The fourth-order valence-electron chi connectivity index (χ4n) is 3.36. The Balaban J connectivity index is 1.70.